The zero-order valence-corrected chi connectivity index (χ0v) is 9.53. The fraction of sp³-hybridized carbons (Fsp3) is 0.600. The van der Waals surface area contributed by atoms with Crippen LogP contribution in [0.25, 0.3) is 0 Å². The van der Waals surface area contributed by atoms with Gasteiger partial charge in [-0.1, -0.05) is 0 Å². The van der Waals surface area contributed by atoms with E-state index in [0.717, 1.165) is 29.9 Å². The molecule has 1 aromatic heterocycles. The van der Waals surface area contributed by atoms with E-state index in [-0.39, 0.29) is 6.61 Å². The molecule has 1 N–H and O–H groups in total. The van der Waals surface area contributed by atoms with Gasteiger partial charge in [0.15, 0.2) is 4.67 Å². The third-order valence-electron chi connectivity index (χ3n) is 2.70. The predicted octanol–water partition coefficient (Wildman–Crippen LogP) is 2.00. The first-order chi connectivity index (χ1) is 6.79. The van der Waals surface area contributed by atoms with Crippen LogP contribution >= 0.6 is 15.9 Å². The number of likely N-dealkylation sites (tertiary alicyclic amines) is 1. The Bertz CT molecular complexity index is 300. The van der Waals surface area contributed by atoms with Crippen LogP contribution in [0.15, 0.2) is 21.2 Å². The summed E-state index contributed by atoms with van der Waals surface area (Å²) in [6.45, 7) is 2.11. The maximum atomic E-state index is 9.14. The molecule has 0 aromatic carbocycles. The lowest BCUT2D eigenvalue weighted by molar-refractivity contribution is 0.146. The monoisotopic (exact) mass is 259 g/mol. The first-order valence-corrected chi connectivity index (χ1v) is 5.68. The van der Waals surface area contributed by atoms with Crippen molar-refractivity contribution in [1.29, 1.82) is 0 Å². The van der Waals surface area contributed by atoms with Gasteiger partial charge < -0.3 is 9.52 Å². The van der Waals surface area contributed by atoms with Crippen molar-refractivity contribution in [3.05, 3.63) is 22.6 Å². The van der Waals surface area contributed by atoms with Gasteiger partial charge in [-0.3, -0.25) is 4.90 Å². The Labute approximate surface area is 91.8 Å². The van der Waals surface area contributed by atoms with Crippen molar-refractivity contribution in [3.63, 3.8) is 0 Å². The number of rotatable bonds is 3. The molecule has 0 saturated carbocycles. The molecule has 0 aliphatic carbocycles. The molecule has 4 heteroatoms. The highest BCUT2D eigenvalue weighted by Gasteiger charge is 2.24. The van der Waals surface area contributed by atoms with E-state index in [1.54, 1.807) is 0 Å². The van der Waals surface area contributed by atoms with Crippen LogP contribution in [0.5, 0.6) is 0 Å². The van der Waals surface area contributed by atoms with Crippen molar-refractivity contribution in [2.45, 2.75) is 25.4 Å². The molecule has 2 heterocycles. The quantitative estimate of drug-likeness (QED) is 0.903. The fourth-order valence-corrected chi connectivity index (χ4v) is 2.29. The Kier molecular flexibility index (Phi) is 3.26. The first-order valence-electron chi connectivity index (χ1n) is 4.88. The lowest BCUT2D eigenvalue weighted by atomic mass is 10.2. The summed E-state index contributed by atoms with van der Waals surface area (Å²) in [4.78, 5) is 2.27. The van der Waals surface area contributed by atoms with Gasteiger partial charge in [-0.2, -0.15) is 0 Å². The normalized spacial score (nSPS) is 23.1. The van der Waals surface area contributed by atoms with Crippen LogP contribution < -0.4 is 0 Å². The van der Waals surface area contributed by atoms with Gasteiger partial charge in [-0.25, -0.2) is 0 Å². The van der Waals surface area contributed by atoms with Gasteiger partial charge in [0.05, 0.1) is 13.2 Å². The van der Waals surface area contributed by atoms with Gasteiger partial charge in [0, 0.05) is 6.04 Å². The smallest absolute Gasteiger partial charge is 0.169 e. The van der Waals surface area contributed by atoms with Gasteiger partial charge in [0.2, 0.25) is 0 Å². The summed E-state index contributed by atoms with van der Waals surface area (Å²) in [5.74, 6) is 0.956. The van der Waals surface area contributed by atoms with E-state index >= 15 is 0 Å². The molecule has 3 nitrogen and oxygen atoms in total. The van der Waals surface area contributed by atoms with Crippen LogP contribution in [0.2, 0.25) is 0 Å². The number of hydrogen-bond donors (Lipinski definition) is 1. The zero-order chi connectivity index (χ0) is 9.97. The molecule has 1 aliphatic heterocycles. The minimum Gasteiger partial charge on any atom is -0.453 e. The highest BCUT2D eigenvalue weighted by Crippen LogP contribution is 2.21. The fourth-order valence-electron chi connectivity index (χ4n) is 1.95. The number of halogens is 1. The molecule has 2 rings (SSSR count). The molecule has 78 valence electrons. The molecule has 0 bridgehead atoms. The van der Waals surface area contributed by atoms with Gasteiger partial charge in [-0.05, 0) is 47.4 Å². The molecular weight excluding hydrogens is 246 g/mol. The standard InChI is InChI=1S/C10H14BrNO2/c11-10-4-3-9(14-10)6-12-5-1-2-8(12)7-13/h3-4,8,13H,1-2,5-7H2. The summed E-state index contributed by atoms with van der Waals surface area (Å²) < 4.78 is 6.20. The Morgan fingerprint density at radius 1 is 1.57 bits per heavy atom. The Hall–Kier alpha value is -0.320. The second-order valence-electron chi connectivity index (χ2n) is 3.65. The summed E-state index contributed by atoms with van der Waals surface area (Å²) in [5, 5.41) is 9.14. The minimum absolute atomic E-state index is 0.252. The van der Waals surface area contributed by atoms with Crippen molar-refractivity contribution in [2.24, 2.45) is 0 Å². The van der Waals surface area contributed by atoms with Crippen molar-refractivity contribution in [3.8, 4) is 0 Å². The Morgan fingerprint density at radius 3 is 3.07 bits per heavy atom. The number of furan rings is 1. The Balaban J connectivity index is 1.96. The number of hydrogen-bond acceptors (Lipinski definition) is 3. The SMILES string of the molecule is OCC1CCCN1Cc1ccc(Br)o1. The van der Waals surface area contributed by atoms with Crippen LogP contribution in [0.4, 0.5) is 0 Å². The third kappa shape index (κ3) is 2.19. The largest absolute Gasteiger partial charge is 0.453 e. The lowest BCUT2D eigenvalue weighted by Gasteiger charge is -2.20. The molecule has 1 aliphatic rings. The molecule has 0 amide bonds. The zero-order valence-electron chi connectivity index (χ0n) is 7.95. The van der Waals surface area contributed by atoms with Gasteiger partial charge in [0.25, 0.3) is 0 Å². The highest BCUT2D eigenvalue weighted by atomic mass is 79.9. The van der Waals surface area contributed by atoms with E-state index in [1.807, 2.05) is 12.1 Å². The Morgan fingerprint density at radius 2 is 2.43 bits per heavy atom. The predicted molar refractivity (Wildman–Crippen MR) is 56.9 cm³/mol. The maximum Gasteiger partial charge on any atom is 0.169 e. The van der Waals surface area contributed by atoms with Crippen LogP contribution in [0.1, 0.15) is 18.6 Å². The van der Waals surface area contributed by atoms with E-state index in [4.69, 9.17) is 9.52 Å². The third-order valence-corrected chi connectivity index (χ3v) is 3.12. The van der Waals surface area contributed by atoms with E-state index in [9.17, 15) is 0 Å². The van der Waals surface area contributed by atoms with Crippen molar-refractivity contribution in [1.82, 2.24) is 4.90 Å². The summed E-state index contributed by atoms with van der Waals surface area (Å²) in [5.41, 5.74) is 0. The number of nitrogens with zero attached hydrogens (tertiary/aromatic N) is 1. The minimum atomic E-state index is 0.252. The maximum absolute atomic E-state index is 9.14. The number of aliphatic hydroxyl groups excluding tert-OH is 1. The van der Waals surface area contributed by atoms with E-state index in [1.165, 1.54) is 6.42 Å². The molecule has 1 saturated heterocycles. The van der Waals surface area contributed by atoms with E-state index in [0.29, 0.717) is 6.04 Å². The molecule has 14 heavy (non-hydrogen) atoms. The van der Waals surface area contributed by atoms with E-state index < -0.39 is 0 Å². The summed E-state index contributed by atoms with van der Waals surface area (Å²) in [7, 11) is 0. The van der Waals surface area contributed by atoms with Gasteiger partial charge >= 0.3 is 0 Å². The van der Waals surface area contributed by atoms with Crippen LogP contribution in [-0.2, 0) is 6.54 Å². The van der Waals surface area contributed by atoms with Gasteiger partial charge in [0.1, 0.15) is 5.76 Å². The number of aliphatic hydroxyl groups is 1. The van der Waals surface area contributed by atoms with Crippen LogP contribution in [-0.4, -0.2) is 29.2 Å². The lowest BCUT2D eigenvalue weighted by Crippen LogP contribution is -2.31. The summed E-state index contributed by atoms with van der Waals surface area (Å²) >= 11 is 3.28. The van der Waals surface area contributed by atoms with Crippen LogP contribution in [0.3, 0.4) is 0 Å². The topological polar surface area (TPSA) is 36.6 Å². The summed E-state index contributed by atoms with van der Waals surface area (Å²) in [6.07, 6.45) is 2.27. The van der Waals surface area contributed by atoms with Crippen molar-refractivity contribution in [2.75, 3.05) is 13.2 Å². The molecule has 0 spiro atoms. The second-order valence-corrected chi connectivity index (χ2v) is 4.44. The molecule has 1 aromatic rings. The molecule has 0 radical (unpaired) electrons. The van der Waals surface area contributed by atoms with Crippen molar-refractivity contribution >= 4 is 15.9 Å². The molecule has 1 atom stereocenters. The van der Waals surface area contributed by atoms with Gasteiger partial charge in [-0.15, -0.1) is 0 Å². The van der Waals surface area contributed by atoms with Crippen molar-refractivity contribution < 1.29 is 9.52 Å². The molecule has 1 unspecified atom stereocenters. The van der Waals surface area contributed by atoms with Crippen LogP contribution in [0, 0.1) is 0 Å². The summed E-state index contributed by atoms with van der Waals surface area (Å²) in [6, 6.07) is 4.19. The first kappa shape index (κ1) is 10.2. The molecular formula is C10H14BrNO2. The van der Waals surface area contributed by atoms with E-state index in [2.05, 4.69) is 20.8 Å². The second kappa shape index (κ2) is 4.47. The highest BCUT2D eigenvalue weighted by molar-refractivity contribution is 9.10. The average molecular weight is 260 g/mol. The average Bonchev–Trinajstić information content (AvgIpc) is 2.76. The molecule has 1 fully saturated rings.